The highest BCUT2D eigenvalue weighted by Crippen LogP contribution is 2.37. The quantitative estimate of drug-likeness (QED) is 0.617. The van der Waals surface area contributed by atoms with Crippen molar-refractivity contribution >= 4 is 33.0 Å². The summed E-state index contributed by atoms with van der Waals surface area (Å²) in [6.07, 6.45) is 1.00. The number of carbonyl (C=O) groups excluding carboxylic acids is 1. The van der Waals surface area contributed by atoms with E-state index in [9.17, 15) is 17.6 Å². The van der Waals surface area contributed by atoms with Crippen molar-refractivity contribution in [2.75, 3.05) is 18.0 Å². The van der Waals surface area contributed by atoms with Gasteiger partial charge < -0.3 is 15.1 Å². The van der Waals surface area contributed by atoms with Crippen molar-refractivity contribution in [2.45, 2.75) is 22.8 Å². The minimum atomic E-state index is -4.04. The highest BCUT2D eigenvalue weighted by atomic mass is 32.2. The van der Waals surface area contributed by atoms with Gasteiger partial charge in [0.2, 0.25) is 32.5 Å². The number of hydrogen-bond donors (Lipinski definition) is 1. The smallest absolute Gasteiger partial charge is 0.240 e. The lowest BCUT2D eigenvalue weighted by Crippen LogP contribution is -2.38. The second kappa shape index (κ2) is 7.60. The van der Waals surface area contributed by atoms with E-state index in [1.54, 1.807) is 11.0 Å². The molecule has 3 aromatic rings. The van der Waals surface area contributed by atoms with Crippen LogP contribution in [0.3, 0.4) is 0 Å². The minimum Gasteiger partial charge on any atom is -0.418 e. The first-order chi connectivity index (χ1) is 13.9. The van der Waals surface area contributed by atoms with Crippen LogP contribution in [0.25, 0.3) is 10.8 Å². The molecule has 4 rings (SSSR count). The van der Waals surface area contributed by atoms with E-state index in [0.717, 1.165) is 12.1 Å². The molecule has 10 heteroatoms. The Hall–Kier alpha value is -2.72. The monoisotopic (exact) mass is 435 g/mol. The van der Waals surface area contributed by atoms with Gasteiger partial charge in [0, 0.05) is 19.0 Å². The lowest BCUT2D eigenvalue weighted by Gasteiger charge is -2.30. The molecule has 0 atom stereocenters. The number of thiophene rings is 1. The highest BCUT2D eigenvalue weighted by molar-refractivity contribution is 7.91. The largest absolute Gasteiger partial charge is 0.418 e. The molecule has 0 radical (unpaired) electrons. The fourth-order valence-electron chi connectivity index (χ4n) is 3.27. The fraction of sp³-hybridized carbons (Fsp3) is 0.263. The Morgan fingerprint density at radius 2 is 1.90 bits per heavy atom. The summed E-state index contributed by atoms with van der Waals surface area (Å²) < 4.78 is 45.6. The Bertz CT molecular complexity index is 1120. The number of amides is 1. The normalized spacial score (nSPS) is 15.6. The average molecular weight is 436 g/mol. The molecule has 0 saturated carbocycles. The molecular weight excluding hydrogens is 417 g/mol. The van der Waals surface area contributed by atoms with E-state index >= 15 is 0 Å². The summed E-state index contributed by atoms with van der Waals surface area (Å²) in [6, 6.07) is 8.18. The zero-order valence-electron chi connectivity index (χ0n) is 15.2. The third-order valence-corrected chi connectivity index (χ3v) is 7.40. The van der Waals surface area contributed by atoms with Crippen LogP contribution in [0.1, 0.15) is 12.8 Å². The average Bonchev–Trinajstić information content (AvgIpc) is 3.38. The number of aromatic nitrogens is 1. The number of rotatable bonds is 5. The maximum absolute atomic E-state index is 13.3. The van der Waals surface area contributed by atoms with Gasteiger partial charge in [-0.3, -0.25) is 4.79 Å². The second-order valence-electron chi connectivity index (χ2n) is 6.73. The lowest BCUT2D eigenvalue weighted by molar-refractivity contribution is -0.122. The van der Waals surface area contributed by atoms with Crippen LogP contribution in [0.4, 0.5) is 10.3 Å². The number of anilines is 1. The maximum Gasteiger partial charge on any atom is 0.240 e. The zero-order chi connectivity index (χ0) is 20.6. The summed E-state index contributed by atoms with van der Waals surface area (Å²) in [5.74, 6) is -0.811. The predicted octanol–water partition coefficient (Wildman–Crippen LogP) is 3.08. The number of hydrogen-bond acceptors (Lipinski definition) is 7. The Morgan fingerprint density at radius 3 is 2.48 bits per heavy atom. The molecule has 1 aliphatic heterocycles. The summed E-state index contributed by atoms with van der Waals surface area (Å²) in [6.45, 7) is 0.831. The Balaban J connectivity index is 1.76. The second-order valence-corrected chi connectivity index (χ2v) is 9.54. The third-order valence-electron chi connectivity index (χ3n) is 4.87. The molecule has 1 amide bonds. The lowest BCUT2D eigenvalue weighted by atomic mass is 9.96. The molecule has 0 unspecified atom stereocenters. The molecule has 1 saturated heterocycles. The molecule has 0 bridgehead atoms. The fourth-order valence-corrected chi connectivity index (χ4v) is 5.24. The molecule has 29 heavy (non-hydrogen) atoms. The Morgan fingerprint density at radius 1 is 1.21 bits per heavy atom. The summed E-state index contributed by atoms with van der Waals surface area (Å²) >= 11 is 1.38. The van der Waals surface area contributed by atoms with Gasteiger partial charge in [-0.1, -0.05) is 6.07 Å². The third kappa shape index (κ3) is 3.77. The van der Waals surface area contributed by atoms with Crippen LogP contribution >= 0.6 is 11.3 Å². The van der Waals surface area contributed by atoms with Crippen molar-refractivity contribution in [3.63, 3.8) is 0 Å². The van der Waals surface area contributed by atoms with Crippen LogP contribution in [-0.4, -0.2) is 32.4 Å². The van der Waals surface area contributed by atoms with Crippen molar-refractivity contribution in [3.05, 3.63) is 47.6 Å². The summed E-state index contributed by atoms with van der Waals surface area (Å²) in [5.41, 5.74) is 5.39. The van der Waals surface area contributed by atoms with Crippen LogP contribution in [0, 0.1) is 11.7 Å². The minimum absolute atomic E-state index is 0.0711. The van der Waals surface area contributed by atoms with Crippen LogP contribution in [0.2, 0.25) is 0 Å². The molecular formula is C19H18FN3O4S2. The van der Waals surface area contributed by atoms with Gasteiger partial charge in [-0.05, 0) is 48.6 Å². The first-order valence-corrected chi connectivity index (χ1v) is 11.3. The summed E-state index contributed by atoms with van der Waals surface area (Å²) in [4.78, 5) is 18.1. The summed E-state index contributed by atoms with van der Waals surface area (Å²) in [5, 5.41) is 1.62. The van der Waals surface area contributed by atoms with Gasteiger partial charge in [-0.2, -0.15) is 4.98 Å². The number of halogens is 1. The van der Waals surface area contributed by atoms with Crippen LogP contribution < -0.4 is 10.6 Å². The molecule has 7 nitrogen and oxygen atoms in total. The molecule has 3 heterocycles. The number of piperidine rings is 1. The standard InChI is InChI=1S/C19H18FN3O4S2/c20-13-3-5-14(6-4-13)29(25,26)18-19(23-9-7-12(8-10-23)16(21)24)27-17(22-18)15-2-1-11-28-15/h1-6,11-12H,7-10H2,(H2,21,24). The van der Waals surface area contributed by atoms with Gasteiger partial charge in [-0.15, -0.1) is 11.3 Å². The molecule has 0 spiro atoms. The van der Waals surface area contributed by atoms with E-state index in [1.165, 1.54) is 23.5 Å². The Kier molecular flexibility index (Phi) is 5.13. The first kappa shape index (κ1) is 19.6. The molecule has 1 aliphatic rings. The summed E-state index contributed by atoms with van der Waals surface area (Å²) in [7, 11) is -4.04. The number of nitrogens with zero attached hydrogens (tertiary/aromatic N) is 2. The van der Waals surface area contributed by atoms with Crippen LogP contribution in [-0.2, 0) is 14.6 Å². The molecule has 1 fully saturated rings. The molecule has 2 N–H and O–H groups in total. The van der Waals surface area contributed by atoms with Crippen molar-refractivity contribution < 1.29 is 22.0 Å². The van der Waals surface area contributed by atoms with E-state index in [4.69, 9.17) is 10.2 Å². The number of oxazole rings is 1. The topological polar surface area (TPSA) is 106 Å². The van der Waals surface area contributed by atoms with E-state index in [1.807, 2.05) is 11.4 Å². The van der Waals surface area contributed by atoms with E-state index in [2.05, 4.69) is 4.98 Å². The predicted molar refractivity (Wildman–Crippen MR) is 106 cm³/mol. The number of primary amides is 1. The SMILES string of the molecule is NC(=O)C1CCN(c2oc(-c3cccs3)nc2S(=O)(=O)c2ccc(F)cc2)CC1. The van der Waals surface area contributed by atoms with E-state index < -0.39 is 15.7 Å². The van der Waals surface area contributed by atoms with Gasteiger partial charge in [0.15, 0.2) is 0 Å². The highest BCUT2D eigenvalue weighted by Gasteiger charge is 2.34. The molecule has 2 aromatic heterocycles. The maximum atomic E-state index is 13.3. The van der Waals surface area contributed by atoms with Gasteiger partial charge in [0.25, 0.3) is 0 Å². The van der Waals surface area contributed by atoms with Gasteiger partial charge in [0.05, 0.1) is 9.77 Å². The first-order valence-electron chi connectivity index (χ1n) is 8.96. The van der Waals surface area contributed by atoms with Gasteiger partial charge >= 0.3 is 0 Å². The van der Waals surface area contributed by atoms with Crippen molar-refractivity contribution in [1.82, 2.24) is 4.98 Å². The zero-order valence-corrected chi connectivity index (χ0v) is 16.9. The van der Waals surface area contributed by atoms with Crippen molar-refractivity contribution in [2.24, 2.45) is 11.7 Å². The van der Waals surface area contributed by atoms with Crippen LogP contribution in [0.15, 0.2) is 56.1 Å². The van der Waals surface area contributed by atoms with Crippen molar-refractivity contribution in [1.29, 1.82) is 0 Å². The van der Waals surface area contributed by atoms with E-state index in [-0.39, 0.29) is 33.5 Å². The number of nitrogens with two attached hydrogens (primary N) is 1. The molecule has 1 aromatic carbocycles. The molecule has 0 aliphatic carbocycles. The Labute approximate surface area is 170 Å². The molecule has 152 valence electrons. The van der Waals surface area contributed by atoms with Crippen LogP contribution in [0.5, 0.6) is 0 Å². The number of carbonyl (C=O) groups is 1. The van der Waals surface area contributed by atoms with Gasteiger partial charge in [0.1, 0.15) is 5.82 Å². The van der Waals surface area contributed by atoms with Crippen molar-refractivity contribution in [3.8, 4) is 10.8 Å². The van der Waals surface area contributed by atoms with Gasteiger partial charge in [-0.25, -0.2) is 12.8 Å². The number of sulfone groups is 1. The number of benzene rings is 1. The van der Waals surface area contributed by atoms with E-state index in [0.29, 0.717) is 30.8 Å².